The predicted molar refractivity (Wildman–Crippen MR) is 97.5 cm³/mol. The number of ether oxygens (including phenoxy) is 2. The summed E-state index contributed by atoms with van der Waals surface area (Å²) in [6, 6.07) is 9.62. The number of carbonyl (C=O) groups is 1. The Kier molecular flexibility index (Phi) is 5.45. The Balaban J connectivity index is 1.27. The monoisotopic (exact) mass is 370 g/mol. The van der Waals surface area contributed by atoms with Crippen molar-refractivity contribution < 1.29 is 18.7 Å². The normalized spacial score (nSPS) is 24.2. The highest BCUT2D eigenvalue weighted by atomic mass is 19.1. The van der Waals surface area contributed by atoms with Gasteiger partial charge in [0.1, 0.15) is 5.82 Å². The van der Waals surface area contributed by atoms with Gasteiger partial charge in [-0.2, -0.15) is 0 Å². The van der Waals surface area contributed by atoms with E-state index in [1.54, 1.807) is 6.20 Å². The largest absolute Gasteiger partial charge is 0.377 e. The number of rotatable bonds is 6. The summed E-state index contributed by atoms with van der Waals surface area (Å²) in [6.45, 7) is 3.25. The molecule has 142 valence electrons. The van der Waals surface area contributed by atoms with Crippen molar-refractivity contribution in [3.05, 3.63) is 65.7 Å². The van der Waals surface area contributed by atoms with Crippen molar-refractivity contribution in [3.8, 4) is 0 Å². The first-order valence-electron chi connectivity index (χ1n) is 9.34. The summed E-state index contributed by atoms with van der Waals surface area (Å²) in [6.07, 6.45) is 4.57. The fourth-order valence-corrected chi connectivity index (χ4v) is 3.95. The van der Waals surface area contributed by atoms with Gasteiger partial charge in [-0.25, -0.2) is 4.39 Å². The molecular weight excluding hydrogens is 347 g/mol. The van der Waals surface area contributed by atoms with Gasteiger partial charge in [0, 0.05) is 43.6 Å². The second kappa shape index (κ2) is 8.15. The number of likely N-dealkylation sites (tertiary alicyclic amines) is 1. The molecular formula is C21H23FN2O3. The summed E-state index contributed by atoms with van der Waals surface area (Å²) in [5.74, 6) is 0.352. The number of fused-ring (bicyclic) bond motifs is 1. The van der Waals surface area contributed by atoms with Crippen LogP contribution < -0.4 is 0 Å². The fraction of sp³-hybridized carbons (Fsp3) is 0.429. The highest BCUT2D eigenvalue weighted by Gasteiger charge is 2.44. The molecule has 0 unspecified atom stereocenters. The number of pyridine rings is 1. The van der Waals surface area contributed by atoms with Crippen LogP contribution in [-0.2, 0) is 16.1 Å². The van der Waals surface area contributed by atoms with Crippen molar-refractivity contribution in [1.82, 2.24) is 9.88 Å². The van der Waals surface area contributed by atoms with Crippen LogP contribution >= 0.6 is 0 Å². The zero-order valence-corrected chi connectivity index (χ0v) is 15.1. The topological polar surface area (TPSA) is 51.7 Å². The smallest absolute Gasteiger partial charge is 0.253 e. The number of hydrogen-bond acceptors (Lipinski definition) is 4. The third-order valence-electron chi connectivity index (χ3n) is 5.44. The van der Waals surface area contributed by atoms with Crippen LogP contribution in [0.1, 0.15) is 22.3 Å². The van der Waals surface area contributed by atoms with Crippen LogP contribution in [0.4, 0.5) is 4.39 Å². The summed E-state index contributed by atoms with van der Waals surface area (Å²) >= 11 is 0. The van der Waals surface area contributed by atoms with Gasteiger partial charge in [-0.1, -0.05) is 6.07 Å². The quantitative estimate of drug-likeness (QED) is 0.734. The summed E-state index contributed by atoms with van der Waals surface area (Å²) in [5.41, 5.74) is 1.59. The molecule has 2 aliphatic rings. The highest BCUT2D eigenvalue weighted by Crippen LogP contribution is 2.36. The number of aromatic nitrogens is 1. The Morgan fingerprint density at radius 3 is 2.89 bits per heavy atom. The summed E-state index contributed by atoms with van der Waals surface area (Å²) in [5, 5.41) is 0. The fourth-order valence-electron chi connectivity index (χ4n) is 3.95. The zero-order valence-electron chi connectivity index (χ0n) is 15.1. The Bertz CT molecular complexity index is 769. The van der Waals surface area contributed by atoms with Gasteiger partial charge < -0.3 is 14.4 Å². The number of nitrogens with zero attached hydrogens (tertiary/aromatic N) is 2. The number of hydrogen-bond donors (Lipinski definition) is 0. The van der Waals surface area contributed by atoms with E-state index in [-0.39, 0.29) is 17.8 Å². The first-order chi connectivity index (χ1) is 13.2. The summed E-state index contributed by atoms with van der Waals surface area (Å²) in [7, 11) is 0. The third kappa shape index (κ3) is 4.17. The average Bonchev–Trinajstić information content (AvgIpc) is 3.27. The second-order valence-electron chi connectivity index (χ2n) is 7.22. The van der Waals surface area contributed by atoms with Crippen LogP contribution in [-0.4, -0.2) is 48.2 Å². The van der Waals surface area contributed by atoms with E-state index >= 15 is 0 Å². The molecule has 1 aromatic carbocycles. The lowest BCUT2D eigenvalue weighted by Crippen LogP contribution is -2.31. The highest BCUT2D eigenvalue weighted by molar-refractivity contribution is 5.94. The molecule has 0 bridgehead atoms. The Morgan fingerprint density at radius 1 is 1.26 bits per heavy atom. The average molecular weight is 370 g/mol. The van der Waals surface area contributed by atoms with E-state index in [0.29, 0.717) is 43.7 Å². The van der Waals surface area contributed by atoms with Crippen molar-refractivity contribution in [2.24, 2.45) is 11.8 Å². The lowest BCUT2D eigenvalue weighted by Gasteiger charge is -2.20. The van der Waals surface area contributed by atoms with Gasteiger partial charge in [-0.05, 0) is 48.2 Å². The van der Waals surface area contributed by atoms with Crippen molar-refractivity contribution >= 4 is 5.91 Å². The van der Waals surface area contributed by atoms with E-state index in [2.05, 4.69) is 4.98 Å². The van der Waals surface area contributed by atoms with E-state index in [0.717, 1.165) is 18.6 Å². The molecule has 2 saturated heterocycles. The molecule has 0 radical (unpaired) electrons. The maximum Gasteiger partial charge on any atom is 0.253 e. The van der Waals surface area contributed by atoms with Gasteiger partial charge in [0.25, 0.3) is 5.91 Å². The van der Waals surface area contributed by atoms with Gasteiger partial charge in [0.05, 0.1) is 19.3 Å². The SMILES string of the molecule is O=C(c1ccc(F)cc1)N1C[C@H]2[C@@H](CCOCc3cccnc3)CO[C@H]2C1. The lowest BCUT2D eigenvalue weighted by molar-refractivity contribution is 0.0648. The molecule has 2 fully saturated rings. The van der Waals surface area contributed by atoms with Crippen LogP contribution in [0, 0.1) is 17.7 Å². The first kappa shape index (κ1) is 18.1. The van der Waals surface area contributed by atoms with Gasteiger partial charge in [-0.15, -0.1) is 0 Å². The van der Waals surface area contributed by atoms with E-state index in [4.69, 9.17) is 9.47 Å². The molecule has 1 amide bonds. The number of benzene rings is 1. The lowest BCUT2D eigenvalue weighted by atomic mass is 9.91. The molecule has 0 N–H and O–H groups in total. The molecule has 6 heteroatoms. The molecule has 5 nitrogen and oxygen atoms in total. The molecule has 0 spiro atoms. The van der Waals surface area contributed by atoms with Crippen LogP contribution in [0.15, 0.2) is 48.8 Å². The first-order valence-corrected chi connectivity index (χ1v) is 9.34. The van der Waals surface area contributed by atoms with Crippen molar-refractivity contribution in [3.63, 3.8) is 0 Å². The van der Waals surface area contributed by atoms with Crippen molar-refractivity contribution in [1.29, 1.82) is 0 Å². The van der Waals surface area contributed by atoms with Crippen LogP contribution in [0.25, 0.3) is 0 Å². The van der Waals surface area contributed by atoms with Crippen molar-refractivity contribution in [2.45, 2.75) is 19.1 Å². The standard InChI is InChI=1S/C21H23FN2O3/c22-18-5-3-16(4-6-18)21(25)24-11-19-17(14-27-20(19)12-24)7-9-26-13-15-2-1-8-23-10-15/h1-6,8,10,17,19-20H,7,9,11-14H2/t17-,19-,20-/m0/s1. The Hall–Kier alpha value is -2.31. The summed E-state index contributed by atoms with van der Waals surface area (Å²) < 4.78 is 24.8. The number of carbonyl (C=O) groups excluding carboxylic acids is 1. The minimum Gasteiger partial charge on any atom is -0.377 e. The number of amides is 1. The summed E-state index contributed by atoms with van der Waals surface area (Å²) in [4.78, 5) is 18.5. The van der Waals surface area contributed by atoms with E-state index in [9.17, 15) is 9.18 Å². The number of halogens is 1. The molecule has 1 aromatic heterocycles. The van der Waals surface area contributed by atoms with E-state index < -0.39 is 0 Å². The van der Waals surface area contributed by atoms with Crippen LogP contribution in [0.2, 0.25) is 0 Å². The Morgan fingerprint density at radius 2 is 2.11 bits per heavy atom. The van der Waals surface area contributed by atoms with E-state index in [1.165, 1.54) is 24.3 Å². The molecule has 4 rings (SSSR count). The molecule has 3 atom stereocenters. The third-order valence-corrected chi connectivity index (χ3v) is 5.44. The van der Waals surface area contributed by atoms with Gasteiger partial charge >= 0.3 is 0 Å². The molecule has 0 saturated carbocycles. The molecule has 2 aromatic rings. The minimum absolute atomic E-state index is 0.0559. The zero-order chi connectivity index (χ0) is 18.6. The maximum atomic E-state index is 13.1. The molecule has 3 heterocycles. The van der Waals surface area contributed by atoms with Gasteiger partial charge in [0.2, 0.25) is 0 Å². The minimum atomic E-state index is -0.334. The molecule has 27 heavy (non-hydrogen) atoms. The van der Waals surface area contributed by atoms with Crippen molar-refractivity contribution in [2.75, 3.05) is 26.3 Å². The van der Waals surface area contributed by atoms with E-state index in [1.807, 2.05) is 23.2 Å². The van der Waals surface area contributed by atoms with Crippen LogP contribution in [0.5, 0.6) is 0 Å². The molecule has 2 aliphatic heterocycles. The second-order valence-corrected chi connectivity index (χ2v) is 7.22. The Labute approximate surface area is 158 Å². The van der Waals surface area contributed by atoms with Crippen LogP contribution in [0.3, 0.4) is 0 Å². The predicted octanol–water partition coefficient (Wildman–Crippen LogP) is 2.91. The molecule has 0 aliphatic carbocycles. The van der Waals surface area contributed by atoms with Gasteiger partial charge in [0.15, 0.2) is 0 Å². The van der Waals surface area contributed by atoms with Gasteiger partial charge in [-0.3, -0.25) is 9.78 Å². The maximum absolute atomic E-state index is 13.1.